The van der Waals surface area contributed by atoms with Gasteiger partial charge in [-0.25, -0.2) is 9.97 Å². The first-order valence-electron chi connectivity index (χ1n) is 5.40. The van der Waals surface area contributed by atoms with Crippen LogP contribution in [-0.4, -0.2) is 28.0 Å². The van der Waals surface area contributed by atoms with Gasteiger partial charge in [-0.15, -0.1) is 0 Å². The van der Waals surface area contributed by atoms with Crippen LogP contribution in [-0.2, 0) is 0 Å². The Morgan fingerprint density at radius 1 is 1.67 bits per heavy atom. The maximum absolute atomic E-state index is 11.0. The van der Waals surface area contributed by atoms with Crippen molar-refractivity contribution in [1.82, 2.24) is 9.97 Å². The molecule has 0 saturated heterocycles. The topological polar surface area (TPSA) is 122 Å². The zero-order chi connectivity index (χ0) is 13.7. The van der Waals surface area contributed by atoms with Gasteiger partial charge in [-0.1, -0.05) is 0 Å². The molecule has 96 valence electrons. The minimum Gasteiger partial charge on any atom is -0.378 e. The number of nitrogen functional groups attached to an aromatic ring is 1. The summed E-state index contributed by atoms with van der Waals surface area (Å²) in [6.07, 6.45) is 1.18. The van der Waals surface area contributed by atoms with Gasteiger partial charge in [0.15, 0.2) is 0 Å². The van der Waals surface area contributed by atoms with Crippen molar-refractivity contribution in [2.75, 3.05) is 23.7 Å². The summed E-state index contributed by atoms with van der Waals surface area (Å²) < 4.78 is 0. The maximum Gasteiger partial charge on any atom is 0.353 e. The molecule has 2 N–H and O–H groups in total. The van der Waals surface area contributed by atoms with E-state index < -0.39 is 4.92 Å². The van der Waals surface area contributed by atoms with Crippen molar-refractivity contribution in [2.24, 2.45) is 5.92 Å². The number of nitrogens with two attached hydrogens (primary N) is 1. The van der Waals surface area contributed by atoms with E-state index in [1.807, 2.05) is 6.92 Å². The zero-order valence-corrected chi connectivity index (χ0v) is 10.2. The van der Waals surface area contributed by atoms with Gasteiger partial charge in [0.05, 0.1) is 16.9 Å². The SMILES string of the molecule is CCN(CC(C)C#N)c1ncnc(N)c1[N+](=O)[O-]. The minimum absolute atomic E-state index is 0.150. The summed E-state index contributed by atoms with van der Waals surface area (Å²) in [5, 5.41) is 19.8. The smallest absolute Gasteiger partial charge is 0.353 e. The van der Waals surface area contributed by atoms with Crippen molar-refractivity contribution in [3.63, 3.8) is 0 Å². The van der Waals surface area contributed by atoms with Crippen molar-refractivity contribution in [3.05, 3.63) is 16.4 Å². The first-order valence-corrected chi connectivity index (χ1v) is 5.40. The van der Waals surface area contributed by atoms with Crippen molar-refractivity contribution in [1.29, 1.82) is 5.26 Å². The third-order valence-corrected chi connectivity index (χ3v) is 2.41. The largest absolute Gasteiger partial charge is 0.378 e. The molecule has 0 aliphatic rings. The van der Waals surface area contributed by atoms with E-state index in [1.54, 1.807) is 11.8 Å². The maximum atomic E-state index is 11.0. The number of rotatable bonds is 5. The molecule has 0 saturated carbocycles. The van der Waals surface area contributed by atoms with E-state index in [9.17, 15) is 10.1 Å². The van der Waals surface area contributed by atoms with Crippen LogP contribution in [0, 0.1) is 27.4 Å². The normalized spacial score (nSPS) is 11.6. The molecule has 1 atom stereocenters. The van der Waals surface area contributed by atoms with E-state index >= 15 is 0 Å². The Morgan fingerprint density at radius 3 is 2.83 bits per heavy atom. The van der Waals surface area contributed by atoms with E-state index in [2.05, 4.69) is 16.0 Å². The molecule has 1 rings (SSSR count). The molecule has 0 aliphatic carbocycles. The minimum atomic E-state index is -0.607. The van der Waals surface area contributed by atoms with E-state index in [0.29, 0.717) is 13.1 Å². The Bertz CT molecular complexity index is 484. The van der Waals surface area contributed by atoms with Crippen LogP contribution in [0.4, 0.5) is 17.3 Å². The molecular formula is C10H14N6O2. The summed E-state index contributed by atoms with van der Waals surface area (Å²) in [5.41, 5.74) is 5.18. The van der Waals surface area contributed by atoms with E-state index in [-0.39, 0.29) is 23.2 Å². The van der Waals surface area contributed by atoms with Crippen LogP contribution in [0.5, 0.6) is 0 Å². The quantitative estimate of drug-likeness (QED) is 0.609. The molecule has 0 amide bonds. The van der Waals surface area contributed by atoms with Crippen LogP contribution in [0.15, 0.2) is 6.33 Å². The summed E-state index contributed by atoms with van der Waals surface area (Å²) in [6, 6.07) is 2.08. The second-order valence-electron chi connectivity index (χ2n) is 3.76. The number of hydrogen-bond donors (Lipinski definition) is 1. The van der Waals surface area contributed by atoms with Crippen molar-refractivity contribution in [2.45, 2.75) is 13.8 Å². The predicted octanol–water partition coefficient (Wildman–Crippen LogP) is 0.953. The van der Waals surface area contributed by atoms with Gasteiger partial charge in [0.2, 0.25) is 11.6 Å². The van der Waals surface area contributed by atoms with Crippen LogP contribution in [0.3, 0.4) is 0 Å². The third kappa shape index (κ3) is 2.82. The monoisotopic (exact) mass is 250 g/mol. The summed E-state index contributed by atoms with van der Waals surface area (Å²) >= 11 is 0. The number of aromatic nitrogens is 2. The molecule has 0 aliphatic heterocycles. The highest BCUT2D eigenvalue weighted by Crippen LogP contribution is 2.29. The van der Waals surface area contributed by atoms with Gasteiger partial charge in [-0.05, 0) is 13.8 Å². The second-order valence-corrected chi connectivity index (χ2v) is 3.76. The lowest BCUT2D eigenvalue weighted by Crippen LogP contribution is -2.29. The summed E-state index contributed by atoms with van der Waals surface area (Å²) in [7, 11) is 0. The fourth-order valence-electron chi connectivity index (χ4n) is 1.53. The molecule has 1 heterocycles. The molecule has 1 aromatic heterocycles. The lowest BCUT2D eigenvalue weighted by molar-refractivity contribution is -0.383. The van der Waals surface area contributed by atoms with Gasteiger partial charge >= 0.3 is 5.69 Å². The predicted molar refractivity (Wildman–Crippen MR) is 65.8 cm³/mol. The van der Waals surface area contributed by atoms with Crippen LogP contribution in [0.1, 0.15) is 13.8 Å². The Morgan fingerprint density at radius 2 is 2.33 bits per heavy atom. The van der Waals surface area contributed by atoms with Gasteiger partial charge in [0.1, 0.15) is 6.33 Å². The highest BCUT2D eigenvalue weighted by atomic mass is 16.6. The molecule has 8 nitrogen and oxygen atoms in total. The highest BCUT2D eigenvalue weighted by molar-refractivity contribution is 5.68. The molecule has 0 aromatic carbocycles. The van der Waals surface area contributed by atoms with Gasteiger partial charge in [-0.3, -0.25) is 10.1 Å². The third-order valence-electron chi connectivity index (χ3n) is 2.41. The summed E-state index contributed by atoms with van der Waals surface area (Å²) in [4.78, 5) is 19.5. The lowest BCUT2D eigenvalue weighted by Gasteiger charge is -2.22. The van der Waals surface area contributed by atoms with E-state index in [1.165, 1.54) is 6.33 Å². The Hall–Kier alpha value is -2.43. The zero-order valence-electron chi connectivity index (χ0n) is 10.2. The summed E-state index contributed by atoms with van der Waals surface area (Å²) in [6.45, 7) is 4.40. The van der Waals surface area contributed by atoms with E-state index in [0.717, 1.165) is 0 Å². The average molecular weight is 250 g/mol. The Balaban J connectivity index is 3.18. The molecule has 1 aromatic rings. The number of hydrogen-bond acceptors (Lipinski definition) is 7. The standard InChI is InChI=1S/C10H14N6O2/c1-3-15(5-7(2)4-11)10-8(16(17)18)9(12)13-6-14-10/h6-7H,3,5H2,1-2H3,(H2,12,13,14). The average Bonchev–Trinajstić information content (AvgIpc) is 2.34. The van der Waals surface area contributed by atoms with Gasteiger partial charge in [0, 0.05) is 13.1 Å². The number of nitro groups is 1. The Labute approximate surface area is 104 Å². The number of nitrogens with zero attached hydrogens (tertiary/aromatic N) is 5. The fourth-order valence-corrected chi connectivity index (χ4v) is 1.53. The molecular weight excluding hydrogens is 236 g/mol. The lowest BCUT2D eigenvalue weighted by atomic mass is 10.2. The van der Waals surface area contributed by atoms with E-state index in [4.69, 9.17) is 11.0 Å². The van der Waals surface area contributed by atoms with Crippen molar-refractivity contribution >= 4 is 17.3 Å². The molecule has 0 fully saturated rings. The van der Waals surface area contributed by atoms with Crippen LogP contribution in [0.2, 0.25) is 0 Å². The van der Waals surface area contributed by atoms with Crippen LogP contribution >= 0.6 is 0 Å². The fraction of sp³-hybridized carbons (Fsp3) is 0.500. The van der Waals surface area contributed by atoms with Crippen LogP contribution < -0.4 is 10.6 Å². The van der Waals surface area contributed by atoms with Crippen molar-refractivity contribution < 1.29 is 4.92 Å². The molecule has 0 spiro atoms. The molecule has 18 heavy (non-hydrogen) atoms. The number of anilines is 2. The molecule has 0 radical (unpaired) electrons. The Kier molecular flexibility index (Phi) is 4.37. The van der Waals surface area contributed by atoms with Gasteiger partial charge in [-0.2, -0.15) is 5.26 Å². The molecule has 0 bridgehead atoms. The van der Waals surface area contributed by atoms with Gasteiger partial charge < -0.3 is 10.6 Å². The van der Waals surface area contributed by atoms with Gasteiger partial charge in [0.25, 0.3) is 0 Å². The molecule has 1 unspecified atom stereocenters. The summed E-state index contributed by atoms with van der Waals surface area (Å²) in [5.74, 6) is -0.286. The first-order chi connectivity index (χ1) is 8.51. The van der Waals surface area contributed by atoms with Crippen LogP contribution in [0.25, 0.3) is 0 Å². The molecule has 8 heteroatoms. The second kappa shape index (κ2) is 5.77. The highest BCUT2D eigenvalue weighted by Gasteiger charge is 2.25. The number of nitriles is 1. The first kappa shape index (κ1) is 13.6. The van der Waals surface area contributed by atoms with Crippen molar-refractivity contribution in [3.8, 4) is 6.07 Å².